The molecular weight excluding hydrogens is 282 g/mol. The highest BCUT2D eigenvalue weighted by molar-refractivity contribution is 7.89. The second kappa shape index (κ2) is 7.27. The Morgan fingerprint density at radius 1 is 1.26 bits per heavy atom. The first-order valence-corrected chi connectivity index (χ1v) is 8.63. The summed E-state index contributed by atoms with van der Waals surface area (Å²) in [6, 6.07) is 7.90. The van der Waals surface area contributed by atoms with Gasteiger partial charge in [-0.2, -0.15) is 0 Å². The molecule has 2 unspecified atom stereocenters. The number of halogens is 1. The van der Waals surface area contributed by atoms with Crippen molar-refractivity contribution in [2.75, 3.05) is 11.6 Å². The van der Waals surface area contributed by atoms with Crippen LogP contribution in [0.15, 0.2) is 24.3 Å². The van der Waals surface area contributed by atoms with E-state index >= 15 is 0 Å². The van der Waals surface area contributed by atoms with Crippen molar-refractivity contribution in [2.24, 2.45) is 5.92 Å². The number of rotatable bonds is 7. The van der Waals surface area contributed by atoms with Crippen LogP contribution in [0, 0.1) is 12.8 Å². The topological polar surface area (TPSA) is 46.2 Å². The molecule has 108 valence electrons. The van der Waals surface area contributed by atoms with Gasteiger partial charge in [0.2, 0.25) is 10.0 Å². The van der Waals surface area contributed by atoms with Crippen LogP contribution < -0.4 is 4.72 Å². The Morgan fingerprint density at radius 3 is 2.47 bits per heavy atom. The summed E-state index contributed by atoms with van der Waals surface area (Å²) >= 11 is 5.65. The quantitative estimate of drug-likeness (QED) is 0.787. The summed E-state index contributed by atoms with van der Waals surface area (Å²) in [5.41, 5.74) is 2.35. The average molecular weight is 304 g/mol. The van der Waals surface area contributed by atoms with Crippen molar-refractivity contribution in [3.05, 3.63) is 35.4 Å². The molecule has 0 spiro atoms. The molecule has 0 aliphatic rings. The lowest BCUT2D eigenvalue weighted by Crippen LogP contribution is -2.37. The maximum absolute atomic E-state index is 11.9. The van der Waals surface area contributed by atoms with Crippen molar-refractivity contribution in [1.29, 1.82) is 0 Å². The van der Waals surface area contributed by atoms with Crippen molar-refractivity contribution in [1.82, 2.24) is 4.72 Å². The van der Waals surface area contributed by atoms with Crippen LogP contribution in [0.3, 0.4) is 0 Å². The third-order valence-corrected chi connectivity index (χ3v) is 5.23. The van der Waals surface area contributed by atoms with Crippen LogP contribution in [-0.2, 0) is 16.4 Å². The number of benzene rings is 1. The number of alkyl halides is 1. The molecule has 0 bridgehead atoms. The van der Waals surface area contributed by atoms with E-state index in [1.807, 2.05) is 45.0 Å². The molecule has 0 aliphatic heterocycles. The molecule has 0 amide bonds. The van der Waals surface area contributed by atoms with Crippen molar-refractivity contribution in [3.63, 3.8) is 0 Å². The molecule has 0 saturated heterocycles. The van der Waals surface area contributed by atoms with Gasteiger partial charge in [0.15, 0.2) is 0 Å². The van der Waals surface area contributed by atoms with Gasteiger partial charge in [0.25, 0.3) is 0 Å². The molecule has 1 rings (SSSR count). The lowest BCUT2D eigenvalue weighted by Gasteiger charge is -2.17. The highest BCUT2D eigenvalue weighted by Gasteiger charge is 2.18. The Bertz CT molecular complexity index is 502. The van der Waals surface area contributed by atoms with E-state index in [0.717, 1.165) is 0 Å². The smallest absolute Gasteiger partial charge is 0.212 e. The molecule has 0 aromatic heterocycles. The van der Waals surface area contributed by atoms with Crippen molar-refractivity contribution >= 4 is 21.6 Å². The van der Waals surface area contributed by atoms with Gasteiger partial charge in [0.05, 0.1) is 5.75 Å². The predicted octanol–water partition coefficient (Wildman–Crippen LogP) is 2.72. The van der Waals surface area contributed by atoms with Crippen LogP contribution in [0.1, 0.15) is 25.0 Å². The predicted molar refractivity (Wildman–Crippen MR) is 81.2 cm³/mol. The zero-order chi connectivity index (χ0) is 14.5. The molecule has 1 aromatic carbocycles. The van der Waals surface area contributed by atoms with E-state index in [2.05, 4.69) is 4.72 Å². The van der Waals surface area contributed by atoms with E-state index < -0.39 is 10.0 Å². The van der Waals surface area contributed by atoms with E-state index in [1.165, 1.54) is 11.1 Å². The third-order valence-electron chi connectivity index (χ3n) is 2.94. The van der Waals surface area contributed by atoms with Crippen LogP contribution in [0.5, 0.6) is 0 Å². The molecular formula is C14H22ClNO2S. The molecule has 19 heavy (non-hydrogen) atoms. The standard InChI is InChI=1S/C14H22ClNO2S/c1-11(9-15)10-19(17,18)16-13(3)8-14-7-5-4-6-12(14)2/h4-7,11,13,16H,8-10H2,1-3H3. The van der Waals surface area contributed by atoms with Crippen molar-refractivity contribution < 1.29 is 8.42 Å². The van der Waals surface area contributed by atoms with E-state index in [1.54, 1.807) is 0 Å². The highest BCUT2D eigenvalue weighted by Crippen LogP contribution is 2.11. The third kappa shape index (κ3) is 5.93. The lowest BCUT2D eigenvalue weighted by atomic mass is 10.0. The summed E-state index contributed by atoms with van der Waals surface area (Å²) in [5, 5.41) is 0. The van der Waals surface area contributed by atoms with Gasteiger partial charge < -0.3 is 0 Å². The van der Waals surface area contributed by atoms with Gasteiger partial charge in [-0.25, -0.2) is 13.1 Å². The maximum Gasteiger partial charge on any atom is 0.212 e. The second-order valence-electron chi connectivity index (χ2n) is 5.19. The van der Waals surface area contributed by atoms with E-state index in [0.29, 0.717) is 12.3 Å². The minimum atomic E-state index is -3.26. The van der Waals surface area contributed by atoms with Gasteiger partial charge in [0.1, 0.15) is 0 Å². The molecule has 5 heteroatoms. The molecule has 2 atom stereocenters. The molecule has 0 fully saturated rings. The van der Waals surface area contributed by atoms with Gasteiger partial charge in [-0.3, -0.25) is 0 Å². The van der Waals surface area contributed by atoms with Crippen molar-refractivity contribution in [3.8, 4) is 0 Å². The maximum atomic E-state index is 11.9. The molecule has 0 radical (unpaired) electrons. The summed E-state index contributed by atoms with van der Waals surface area (Å²) in [5.74, 6) is 0.395. The largest absolute Gasteiger partial charge is 0.212 e. The fraction of sp³-hybridized carbons (Fsp3) is 0.571. The summed E-state index contributed by atoms with van der Waals surface area (Å²) in [6.45, 7) is 5.75. The van der Waals surface area contributed by atoms with Crippen LogP contribution >= 0.6 is 11.6 Å². The van der Waals surface area contributed by atoms with E-state index in [-0.39, 0.29) is 17.7 Å². The molecule has 1 N–H and O–H groups in total. The zero-order valence-electron chi connectivity index (χ0n) is 11.7. The SMILES string of the molecule is Cc1ccccc1CC(C)NS(=O)(=O)CC(C)CCl. The zero-order valence-corrected chi connectivity index (χ0v) is 13.3. The van der Waals surface area contributed by atoms with Gasteiger partial charge in [-0.05, 0) is 37.3 Å². The Balaban J connectivity index is 2.60. The van der Waals surface area contributed by atoms with E-state index in [9.17, 15) is 8.42 Å². The van der Waals surface area contributed by atoms with Crippen LogP contribution in [0.4, 0.5) is 0 Å². The second-order valence-corrected chi connectivity index (χ2v) is 7.30. The number of sulfonamides is 1. The molecule has 3 nitrogen and oxygen atoms in total. The monoisotopic (exact) mass is 303 g/mol. The fourth-order valence-electron chi connectivity index (χ4n) is 1.98. The minimum absolute atomic E-state index is 0.0372. The van der Waals surface area contributed by atoms with Crippen LogP contribution in [-0.4, -0.2) is 26.1 Å². The van der Waals surface area contributed by atoms with Crippen LogP contribution in [0.2, 0.25) is 0 Å². The Kier molecular flexibility index (Phi) is 6.30. The first-order chi connectivity index (χ1) is 8.84. The summed E-state index contributed by atoms with van der Waals surface area (Å²) in [4.78, 5) is 0. The first-order valence-electron chi connectivity index (χ1n) is 6.44. The highest BCUT2D eigenvalue weighted by atomic mass is 35.5. The van der Waals surface area contributed by atoms with Gasteiger partial charge >= 0.3 is 0 Å². The number of hydrogen-bond acceptors (Lipinski definition) is 2. The molecule has 0 heterocycles. The average Bonchev–Trinajstić information content (AvgIpc) is 2.30. The van der Waals surface area contributed by atoms with Crippen LogP contribution in [0.25, 0.3) is 0 Å². The van der Waals surface area contributed by atoms with E-state index in [4.69, 9.17) is 11.6 Å². The molecule has 0 aliphatic carbocycles. The van der Waals surface area contributed by atoms with Crippen molar-refractivity contribution in [2.45, 2.75) is 33.2 Å². The molecule has 1 aromatic rings. The summed E-state index contributed by atoms with van der Waals surface area (Å²) in [7, 11) is -3.26. The van der Waals surface area contributed by atoms with Gasteiger partial charge in [-0.15, -0.1) is 11.6 Å². The van der Waals surface area contributed by atoms with Gasteiger partial charge in [0, 0.05) is 11.9 Å². The number of aryl methyl sites for hydroxylation is 1. The Labute approximate surface area is 121 Å². The Morgan fingerprint density at radius 2 is 1.89 bits per heavy atom. The normalized spacial score (nSPS) is 15.2. The summed E-state index contributed by atoms with van der Waals surface area (Å²) in [6.07, 6.45) is 0.696. The number of nitrogens with one attached hydrogen (secondary N) is 1. The first kappa shape index (κ1) is 16.5. The Hall–Kier alpha value is -0.580. The molecule has 0 saturated carbocycles. The van der Waals surface area contributed by atoms with Gasteiger partial charge in [-0.1, -0.05) is 31.2 Å². The fourth-order valence-corrected chi connectivity index (χ4v) is 3.88. The summed E-state index contributed by atoms with van der Waals surface area (Å²) < 4.78 is 26.5. The minimum Gasteiger partial charge on any atom is -0.212 e. The lowest BCUT2D eigenvalue weighted by molar-refractivity contribution is 0.548. The number of hydrogen-bond donors (Lipinski definition) is 1.